The van der Waals surface area contributed by atoms with Crippen molar-refractivity contribution in [2.24, 2.45) is 5.73 Å². The van der Waals surface area contributed by atoms with Crippen molar-refractivity contribution >= 4 is 0 Å². The molecule has 2 nitrogen and oxygen atoms in total. The second kappa shape index (κ2) is 5.82. The van der Waals surface area contributed by atoms with E-state index < -0.39 is 0 Å². The quantitative estimate of drug-likeness (QED) is 0.915. The molecule has 1 aromatic carbocycles. The van der Waals surface area contributed by atoms with Crippen LogP contribution in [0.4, 0.5) is 4.39 Å². The van der Waals surface area contributed by atoms with Gasteiger partial charge in [0.1, 0.15) is 5.82 Å². The number of halogens is 1. The van der Waals surface area contributed by atoms with Crippen LogP contribution in [0.1, 0.15) is 49.7 Å². The Kier molecular flexibility index (Phi) is 4.08. The van der Waals surface area contributed by atoms with Gasteiger partial charge in [-0.3, -0.25) is 4.90 Å². The van der Waals surface area contributed by atoms with E-state index in [0.717, 1.165) is 43.6 Å². The first-order chi connectivity index (χ1) is 9.73. The highest BCUT2D eigenvalue weighted by atomic mass is 19.1. The zero-order valence-corrected chi connectivity index (χ0v) is 12.2. The molecular formula is C17H25FN2. The lowest BCUT2D eigenvalue weighted by Gasteiger charge is -2.28. The van der Waals surface area contributed by atoms with Gasteiger partial charge in [0.25, 0.3) is 0 Å². The van der Waals surface area contributed by atoms with Gasteiger partial charge in [0, 0.05) is 24.1 Å². The van der Waals surface area contributed by atoms with Crippen molar-refractivity contribution in [3.05, 3.63) is 35.1 Å². The van der Waals surface area contributed by atoms with Crippen LogP contribution >= 0.6 is 0 Å². The first-order valence-corrected chi connectivity index (χ1v) is 7.95. The Labute approximate surface area is 121 Å². The highest BCUT2D eigenvalue weighted by molar-refractivity contribution is 5.32. The van der Waals surface area contributed by atoms with Crippen LogP contribution in [0.25, 0.3) is 0 Å². The summed E-state index contributed by atoms with van der Waals surface area (Å²) in [5.74, 6) is -0.0471. The lowest BCUT2D eigenvalue weighted by molar-refractivity contribution is 0.325. The average molecular weight is 276 g/mol. The standard InChI is InChI=1S/C17H25FN2/c18-16-11-15(17(13-19)7-1-2-8-17)6-5-14(16)12-20-9-3-4-10-20/h5-6,11H,1-4,7-10,12-13,19H2. The minimum Gasteiger partial charge on any atom is -0.330 e. The third-order valence-electron chi connectivity index (χ3n) is 5.21. The van der Waals surface area contributed by atoms with E-state index in [1.54, 1.807) is 6.07 Å². The number of likely N-dealkylation sites (tertiary alicyclic amines) is 1. The summed E-state index contributed by atoms with van der Waals surface area (Å²) in [5, 5.41) is 0. The van der Waals surface area contributed by atoms with Gasteiger partial charge in [0.2, 0.25) is 0 Å². The van der Waals surface area contributed by atoms with Gasteiger partial charge in [-0.2, -0.15) is 0 Å². The molecule has 20 heavy (non-hydrogen) atoms. The van der Waals surface area contributed by atoms with E-state index in [2.05, 4.69) is 11.0 Å². The van der Waals surface area contributed by atoms with Gasteiger partial charge in [-0.15, -0.1) is 0 Å². The number of nitrogens with zero attached hydrogens (tertiary/aromatic N) is 1. The molecule has 0 aromatic heterocycles. The number of hydrogen-bond donors (Lipinski definition) is 1. The molecule has 0 radical (unpaired) electrons. The fraction of sp³-hybridized carbons (Fsp3) is 0.647. The summed E-state index contributed by atoms with van der Waals surface area (Å²) in [6, 6.07) is 5.86. The van der Waals surface area contributed by atoms with Crippen LogP contribution in [-0.2, 0) is 12.0 Å². The summed E-state index contributed by atoms with van der Waals surface area (Å²) in [4.78, 5) is 2.34. The fourth-order valence-corrected chi connectivity index (χ4v) is 3.85. The van der Waals surface area contributed by atoms with Gasteiger partial charge in [-0.25, -0.2) is 4.39 Å². The molecule has 0 amide bonds. The Morgan fingerprint density at radius 2 is 1.80 bits per heavy atom. The SMILES string of the molecule is NCC1(c2ccc(CN3CCCC3)c(F)c2)CCCC1. The third kappa shape index (κ3) is 2.61. The van der Waals surface area contributed by atoms with Crippen molar-refractivity contribution in [1.29, 1.82) is 0 Å². The Hall–Kier alpha value is -0.930. The molecule has 110 valence electrons. The van der Waals surface area contributed by atoms with Crippen LogP contribution in [0.3, 0.4) is 0 Å². The summed E-state index contributed by atoms with van der Waals surface area (Å²) >= 11 is 0. The predicted molar refractivity (Wildman–Crippen MR) is 80.1 cm³/mol. The smallest absolute Gasteiger partial charge is 0.127 e. The summed E-state index contributed by atoms with van der Waals surface area (Å²) in [6.45, 7) is 3.60. The van der Waals surface area contributed by atoms with E-state index in [9.17, 15) is 4.39 Å². The van der Waals surface area contributed by atoms with Crippen LogP contribution in [0.15, 0.2) is 18.2 Å². The molecule has 1 aliphatic carbocycles. The van der Waals surface area contributed by atoms with Crippen molar-refractivity contribution in [2.45, 2.75) is 50.5 Å². The molecular weight excluding hydrogens is 251 g/mol. The van der Waals surface area contributed by atoms with Gasteiger partial charge in [-0.05, 0) is 50.4 Å². The van der Waals surface area contributed by atoms with Crippen LogP contribution in [0, 0.1) is 5.82 Å². The van der Waals surface area contributed by atoms with Gasteiger partial charge in [0.05, 0.1) is 0 Å². The molecule has 3 heteroatoms. The van der Waals surface area contributed by atoms with Crippen molar-refractivity contribution in [2.75, 3.05) is 19.6 Å². The zero-order valence-electron chi connectivity index (χ0n) is 12.2. The monoisotopic (exact) mass is 276 g/mol. The second-order valence-electron chi connectivity index (χ2n) is 6.48. The lowest BCUT2D eigenvalue weighted by atomic mass is 9.78. The summed E-state index contributed by atoms with van der Waals surface area (Å²) in [6.07, 6.45) is 7.14. The van der Waals surface area contributed by atoms with Crippen molar-refractivity contribution in [1.82, 2.24) is 4.90 Å². The molecule has 1 aliphatic heterocycles. The molecule has 0 atom stereocenters. The number of hydrogen-bond acceptors (Lipinski definition) is 2. The van der Waals surface area contributed by atoms with Gasteiger partial charge < -0.3 is 5.73 Å². The van der Waals surface area contributed by atoms with Gasteiger partial charge in [-0.1, -0.05) is 25.0 Å². The van der Waals surface area contributed by atoms with E-state index in [1.807, 2.05) is 6.07 Å². The highest BCUT2D eigenvalue weighted by Gasteiger charge is 2.34. The number of nitrogens with two attached hydrogens (primary N) is 1. The Morgan fingerprint density at radius 1 is 1.10 bits per heavy atom. The largest absolute Gasteiger partial charge is 0.330 e. The summed E-state index contributed by atoms with van der Waals surface area (Å²) < 4.78 is 14.4. The average Bonchev–Trinajstić information content (AvgIpc) is 3.12. The highest BCUT2D eigenvalue weighted by Crippen LogP contribution is 2.40. The Morgan fingerprint density at radius 3 is 2.40 bits per heavy atom. The minimum atomic E-state index is -0.0471. The van der Waals surface area contributed by atoms with Crippen LogP contribution in [-0.4, -0.2) is 24.5 Å². The number of benzene rings is 1. The number of rotatable bonds is 4. The fourth-order valence-electron chi connectivity index (χ4n) is 3.85. The van der Waals surface area contributed by atoms with Gasteiger partial charge in [0.15, 0.2) is 0 Å². The normalized spacial score (nSPS) is 22.5. The topological polar surface area (TPSA) is 29.3 Å². The molecule has 2 aliphatic rings. The van der Waals surface area contributed by atoms with Crippen LogP contribution < -0.4 is 5.73 Å². The van der Waals surface area contributed by atoms with Crippen molar-refractivity contribution in [3.63, 3.8) is 0 Å². The Balaban J connectivity index is 1.79. The molecule has 1 heterocycles. The first-order valence-electron chi connectivity index (χ1n) is 7.95. The zero-order chi connectivity index (χ0) is 14.0. The molecule has 2 fully saturated rings. The molecule has 1 saturated carbocycles. The summed E-state index contributed by atoms with van der Waals surface area (Å²) in [7, 11) is 0. The molecule has 0 bridgehead atoms. The van der Waals surface area contributed by atoms with E-state index in [1.165, 1.54) is 25.7 Å². The van der Waals surface area contributed by atoms with Crippen LogP contribution in [0.5, 0.6) is 0 Å². The van der Waals surface area contributed by atoms with Gasteiger partial charge >= 0.3 is 0 Å². The molecule has 0 unspecified atom stereocenters. The van der Waals surface area contributed by atoms with Crippen molar-refractivity contribution < 1.29 is 4.39 Å². The van der Waals surface area contributed by atoms with E-state index in [4.69, 9.17) is 5.73 Å². The second-order valence-corrected chi connectivity index (χ2v) is 6.48. The minimum absolute atomic E-state index is 0.0347. The third-order valence-corrected chi connectivity index (χ3v) is 5.21. The lowest BCUT2D eigenvalue weighted by Crippen LogP contribution is -2.32. The van der Waals surface area contributed by atoms with Crippen molar-refractivity contribution in [3.8, 4) is 0 Å². The first kappa shape index (κ1) is 14.0. The van der Waals surface area contributed by atoms with E-state index >= 15 is 0 Å². The van der Waals surface area contributed by atoms with E-state index in [-0.39, 0.29) is 11.2 Å². The molecule has 2 N–H and O–H groups in total. The van der Waals surface area contributed by atoms with Crippen LogP contribution in [0.2, 0.25) is 0 Å². The molecule has 0 spiro atoms. The van der Waals surface area contributed by atoms with E-state index in [0.29, 0.717) is 6.54 Å². The molecule has 1 saturated heterocycles. The maximum absolute atomic E-state index is 14.4. The maximum Gasteiger partial charge on any atom is 0.127 e. The molecule has 1 aromatic rings. The molecule has 3 rings (SSSR count). The predicted octanol–water partition coefficient (Wildman–Crippen LogP) is 3.19. The Bertz CT molecular complexity index is 460. The maximum atomic E-state index is 14.4. The summed E-state index contributed by atoms with van der Waals surface area (Å²) in [5.41, 5.74) is 7.97.